The summed E-state index contributed by atoms with van der Waals surface area (Å²) in [4.78, 5) is 68.3. The summed E-state index contributed by atoms with van der Waals surface area (Å²) in [5.41, 5.74) is 39.4. The molecule has 300 valence electrons. The highest BCUT2D eigenvalue weighted by Crippen LogP contribution is 2.20. The number of nitrogens with zero attached hydrogens (tertiary/aromatic N) is 3. The van der Waals surface area contributed by atoms with Crippen LogP contribution in [0.3, 0.4) is 0 Å². The molecule has 0 aromatic heterocycles. The van der Waals surface area contributed by atoms with Gasteiger partial charge in [0.15, 0.2) is 5.96 Å². The maximum atomic E-state index is 13.9. The van der Waals surface area contributed by atoms with E-state index in [9.17, 15) is 19.2 Å². The molecular formula is C34H53N15O6. The topological polar surface area (TPSA) is 378 Å². The van der Waals surface area contributed by atoms with Gasteiger partial charge in [0, 0.05) is 24.9 Å². The van der Waals surface area contributed by atoms with E-state index in [1.807, 2.05) is 0 Å². The molecule has 4 amide bonds. The molecular weight excluding hydrogens is 714 g/mol. The van der Waals surface area contributed by atoms with E-state index in [0.717, 1.165) is 5.56 Å². The molecule has 3 atom stereocenters. The third-order valence-corrected chi connectivity index (χ3v) is 7.60. The quantitative estimate of drug-likeness (QED) is 0.0266. The lowest BCUT2D eigenvalue weighted by Gasteiger charge is -2.33. The number of hydrogen-bond acceptors (Lipinski definition) is 10. The first-order chi connectivity index (χ1) is 25.8. The minimum Gasteiger partial charge on any atom is -0.393 e. The van der Waals surface area contributed by atoms with Gasteiger partial charge in [-0.1, -0.05) is 69.3 Å². The van der Waals surface area contributed by atoms with Crippen LogP contribution >= 0.6 is 0 Å². The van der Waals surface area contributed by atoms with Crippen LogP contribution in [-0.4, -0.2) is 78.7 Å². The molecule has 19 N–H and O–H groups in total. The van der Waals surface area contributed by atoms with E-state index in [2.05, 4.69) is 36.6 Å². The first-order valence-electron chi connectivity index (χ1n) is 17.0. The third kappa shape index (κ3) is 17.1. The van der Waals surface area contributed by atoms with Crippen molar-refractivity contribution in [1.82, 2.24) is 21.3 Å². The van der Waals surface area contributed by atoms with Crippen LogP contribution in [0.1, 0.15) is 55.9 Å². The van der Waals surface area contributed by atoms with Crippen molar-refractivity contribution in [3.05, 3.63) is 70.8 Å². The van der Waals surface area contributed by atoms with Crippen molar-refractivity contribution in [1.29, 1.82) is 5.41 Å². The summed E-state index contributed by atoms with van der Waals surface area (Å²) in [6, 6.07) is 10.1. The summed E-state index contributed by atoms with van der Waals surface area (Å²) in [6.07, 6.45) is -0.215. The fourth-order valence-electron chi connectivity index (χ4n) is 4.78. The van der Waals surface area contributed by atoms with Crippen molar-refractivity contribution in [3.63, 3.8) is 0 Å². The van der Waals surface area contributed by atoms with E-state index in [1.165, 1.54) is 0 Å². The highest BCUT2D eigenvalue weighted by molar-refractivity contribution is 5.95. The fourth-order valence-corrected chi connectivity index (χ4v) is 4.78. The summed E-state index contributed by atoms with van der Waals surface area (Å²) >= 11 is 0. The molecule has 0 heterocycles. The maximum absolute atomic E-state index is 13.9. The predicted molar refractivity (Wildman–Crippen MR) is 207 cm³/mol. The standard InChI is InChI=1S/C34H53N15O6/c1-34(2,3)26(30(53)46-23(12-14-54-48-32(39)40)28(51)43-17-21-8-10-22(11-9-21)27(35)36)47-29(52)24(13-15-55-49-33(41)42)45-25(50)16-19-4-6-20(7-5-19)18-44-31(37)38/h4-11,23-24,26H,12-18H2,1-3H3,(H3,35,36)(H,43,51)(H,45,50)(H,46,53)(H,47,52)(H4,37,38,44)(H4,39,40,48)(H4,41,42,49). The number of rotatable bonds is 21. The van der Waals surface area contributed by atoms with Gasteiger partial charge in [0.05, 0.1) is 13.0 Å². The number of nitrogen functional groups attached to an aromatic ring is 1. The van der Waals surface area contributed by atoms with E-state index in [-0.39, 0.29) is 69.3 Å². The van der Waals surface area contributed by atoms with Gasteiger partial charge < -0.3 is 71.1 Å². The van der Waals surface area contributed by atoms with Gasteiger partial charge in [0.25, 0.3) is 0 Å². The Hall–Kier alpha value is -6.80. The molecule has 0 spiro atoms. The van der Waals surface area contributed by atoms with Gasteiger partial charge in [0.1, 0.15) is 37.2 Å². The number of nitrogens with one attached hydrogen (secondary N) is 5. The Morgan fingerprint density at radius 3 is 1.67 bits per heavy atom. The number of guanidine groups is 3. The number of benzene rings is 2. The molecule has 0 saturated heterocycles. The molecule has 0 aliphatic rings. The lowest BCUT2D eigenvalue weighted by molar-refractivity contribution is -0.136. The molecule has 21 nitrogen and oxygen atoms in total. The van der Waals surface area contributed by atoms with Gasteiger partial charge in [-0.3, -0.25) is 24.6 Å². The van der Waals surface area contributed by atoms with E-state index >= 15 is 0 Å². The average Bonchev–Trinajstić information content (AvgIpc) is 3.10. The number of nitrogens with two attached hydrogens (primary N) is 7. The van der Waals surface area contributed by atoms with Gasteiger partial charge in [-0.25, -0.2) is 4.99 Å². The van der Waals surface area contributed by atoms with Gasteiger partial charge in [-0.05, 0) is 32.4 Å². The number of carbonyl (C=O) groups is 4. The summed E-state index contributed by atoms with van der Waals surface area (Å²) in [5.74, 6) is -3.30. The normalized spacial score (nSPS) is 12.3. The van der Waals surface area contributed by atoms with Crippen molar-refractivity contribution >= 4 is 47.3 Å². The highest BCUT2D eigenvalue weighted by atomic mass is 16.6. The molecule has 0 saturated carbocycles. The highest BCUT2D eigenvalue weighted by Gasteiger charge is 2.36. The van der Waals surface area contributed by atoms with Crippen molar-refractivity contribution in [2.75, 3.05) is 13.2 Å². The summed E-state index contributed by atoms with van der Waals surface area (Å²) in [6.45, 7) is 5.17. The van der Waals surface area contributed by atoms with Crippen molar-refractivity contribution in [3.8, 4) is 0 Å². The van der Waals surface area contributed by atoms with Gasteiger partial charge in [-0.15, -0.1) is 0 Å². The minimum atomic E-state index is -1.20. The molecule has 0 bridgehead atoms. The van der Waals surface area contributed by atoms with Crippen molar-refractivity contribution in [2.45, 2.75) is 71.2 Å². The monoisotopic (exact) mass is 767 g/mol. The molecule has 0 fully saturated rings. The predicted octanol–water partition coefficient (Wildman–Crippen LogP) is -2.71. The lowest BCUT2D eigenvalue weighted by atomic mass is 9.85. The van der Waals surface area contributed by atoms with Crippen LogP contribution in [0.25, 0.3) is 0 Å². The summed E-state index contributed by atoms with van der Waals surface area (Å²) in [5, 5.41) is 25.3. The van der Waals surface area contributed by atoms with Gasteiger partial charge >= 0.3 is 0 Å². The van der Waals surface area contributed by atoms with E-state index in [1.54, 1.807) is 69.3 Å². The average molecular weight is 768 g/mol. The molecule has 21 heteroatoms. The third-order valence-electron chi connectivity index (χ3n) is 7.60. The molecule has 55 heavy (non-hydrogen) atoms. The number of amidine groups is 1. The second kappa shape index (κ2) is 21.7. The Balaban J connectivity index is 2.24. The van der Waals surface area contributed by atoms with Crippen LogP contribution in [0, 0.1) is 10.8 Å². The van der Waals surface area contributed by atoms with Crippen molar-refractivity contribution in [2.24, 2.45) is 60.9 Å². The Morgan fingerprint density at radius 2 is 1.18 bits per heavy atom. The first kappa shape index (κ1) is 44.4. The van der Waals surface area contributed by atoms with Gasteiger partial charge in [-0.2, -0.15) is 0 Å². The minimum absolute atomic E-state index is 0.0485. The maximum Gasteiger partial charge on any atom is 0.243 e. The molecule has 3 unspecified atom stereocenters. The Morgan fingerprint density at radius 1 is 0.673 bits per heavy atom. The molecule has 2 rings (SSSR count). The van der Waals surface area contributed by atoms with Crippen LogP contribution in [-0.2, 0) is 48.4 Å². The van der Waals surface area contributed by atoms with E-state index in [4.69, 9.17) is 55.2 Å². The van der Waals surface area contributed by atoms with Gasteiger partial charge in [0.2, 0.25) is 35.5 Å². The zero-order chi connectivity index (χ0) is 41.1. The second-order valence-electron chi connectivity index (χ2n) is 13.3. The summed E-state index contributed by atoms with van der Waals surface area (Å²) in [7, 11) is 0. The number of hydrogen-bond donors (Lipinski definition) is 12. The fraction of sp³-hybridized carbons (Fsp3) is 0.412. The number of oxime groups is 2. The van der Waals surface area contributed by atoms with Crippen molar-refractivity contribution < 1.29 is 28.9 Å². The molecule has 2 aromatic rings. The second-order valence-corrected chi connectivity index (χ2v) is 13.3. The van der Waals surface area contributed by atoms with E-state index < -0.39 is 47.2 Å². The zero-order valence-electron chi connectivity index (χ0n) is 31.1. The number of amides is 4. The Labute approximate surface area is 318 Å². The summed E-state index contributed by atoms with van der Waals surface area (Å²) < 4.78 is 0. The SMILES string of the molecule is CC(C)(C)C(NC(=O)C(CCON=C(N)N)NC(=O)Cc1ccc(CN=C(N)N)cc1)C(=O)NC(CCON=C(N)N)C(=O)NCc1ccc(C(=N)N)cc1. The Bertz CT molecular complexity index is 1690. The van der Waals surface area contributed by atoms with Crippen LogP contribution in [0.4, 0.5) is 0 Å². The first-order valence-corrected chi connectivity index (χ1v) is 17.0. The smallest absolute Gasteiger partial charge is 0.243 e. The molecule has 0 aliphatic heterocycles. The zero-order valence-corrected chi connectivity index (χ0v) is 31.1. The number of aliphatic imine (C=N–C) groups is 1. The van der Waals surface area contributed by atoms with Crippen LogP contribution in [0.2, 0.25) is 0 Å². The number of carbonyl (C=O) groups excluding carboxylic acids is 4. The largest absolute Gasteiger partial charge is 0.393 e. The lowest BCUT2D eigenvalue weighted by Crippen LogP contribution is -2.60. The molecule has 2 aromatic carbocycles. The Kier molecular flexibility index (Phi) is 17.5. The van der Waals surface area contributed by atoms with E-state index in [0.29, 0.717) is 16.7 Å². The molecule has 0 radical (unpaired) electrons. The van der Waals surface area contributed by atoms with Crippen LogP contribution in [0.5, 0.6) is 0 Å². The molecule has 0 aliphatic carbocycles. The van der Waals surface area contributed by atoms with Crippen LogP contribution < -0.4 is 61.4 Å². The van der Waals surface area contributed by atoms with Crippen LogP contribution in [0.15, 0.2) is 63.8 Å².